The number of fused-ring (bicyclic) bond motifs is 1. The van der Waals surface area contributed by atoms with Gasteiger partial charge in [-0.25, -0.2) is 19.2 Å². The van der Waals surface area contributed by atoms with E-state index in [1.54, 1.807) is 35.7 Å². The molecule has 4 rings (SSSR count). The lowest BCUT2D eigenvalue weighted by molar-refractivity contribution is 0.0189. The van der Waals surface area contributed by atoms with Crippen LogP contribution in [0.15, 0.2) is 30.7 Å². The molecule has 0 unspecified atom stereocenters. The molecule has 0 radical (unpaired) electrons. The van der Waals surface area contributed by atoms with Gasteiger partial charge in [0.05, 0.1) is 5.02 Å². The largest absolute Gasteiger partial charge is 0.444 e. The third-order valence-electron chi connectivity index (χ3n) is 5.83. The molecular weight excluding hydrogens is 489 g/mol. The second-order valence-corrected chi connectivity index (χ2v) is 10.3. The Morgan fingerprint density at radius 2 is 1.86 bits per heavy atom. The molecule has 1 fully saturated rings. The molecule has 0 aliphatic carbocycles. The van der Waals surface area contributed by atoms with Crippen LogP contribution in [0, 0.1) is 5.82 Å². The van der Waals surface area contributed by atoms with Crippen molar-refractivity contribution in [2.75, 3.05) is 27.2 Å². The van der Waals surface area contributed by atoms with Gasteiger partial charge in [-0.3, -0.25) is 4.79 Å². The highest BCUT2D eigenvalue weighted by Gasteiger charge is 2.29. The third kappa shape index (κ3) is 5.38. The van der Waals surface area contributed by atoms with Crippen LogP contribution in [0.3, 0.4) is 0 Å². The molecule has 0 bridgehead atoms. The van der Waals surface area contributed by atoms with Crippen molar-refractivity contribution >= 4 is 34.6 Å². The molecule has 0 N–H and O–H groups in total. The minimum Gasteiger partial charge on any atom is -0.444 e. The van der Waals surface area contributed by atoms with Crippen molar-refractivity contribution in [3.05, 3.63) is 47.1 Å². The van der Waals surface area contributed by atoms with Crippen LogP contribution < -0.4 is 4.74 Å². The Morgan fingerprint density at radius 3 is 2.47 bits per heavy atom. The predicted molar refractivity (Wildman–Crippen MR) is 133 cm³/mol. The van der Waals surface area contributed by atoms with Gasteiger partial charge in [-0.05, 0) is 51.8 Å². The number of aromatic nitrogens is 3. The number of halogens is 2. The van der Waals surface area contributed by atoms with E-state index in [1.807, 2.05) is 20.8 Å². The summed E-state index contributed by atoms with van der Waals surface area (Å²) in [6.07, 6.45) is 3.59. The molecule has 9 nitrogen and oxygen atoms in total. The molecule has 3 aromatic rings. The number of carbonyl (C=O) groups excluding carboxylic acids is 2. The fourth-order valence-electron chi connectivity index (χ4n) is 4.10. The molecule has 1 aromatic carbocycles. The summed E-state index contributed by atoms with van der Waals surface area (Å²) in [5.41, 5.74) is 0.232. The average Bonchev–Trinajstić information content (AvgIpc) is 3.16. The van der Waals surface area contributed by atoms with E-state index in [2.05, 4.69) is 9.97 Å². The van der Waals surface area contributed by atoms with Gasteiger partial charge in [0, 0.05) is 45.0 Å². The van der Waals surface area contributed by atoms with E-state index in [0.29, 0.717) is 37.1 Å². The van der Waals surface area contributed by atoms with Crippen LogP contribution in [-0.4, -0.2) is 69.1 Å². The Bertz CT molecular complexity index is 1300. The smallest absolute Gasteiger partial charge is 0.410 e. The summed E-state index contributed by atoms with van der Waals surface area (Å²) in [7, 11) is 3.29. The summed E-state index contributed by atoms with van der Waals surface area (Å²) in [5, 5.41) is 0.334. The Hall–Kier alpha value is -3.40. The number of nitrogens with zero attached hydrogens (tertiary/aromatic N) is 5. The second-order valence-electron chi connectivity index (χ2n) is 9.91. The first-order valence-electron chi connectivity index (χ1n) is 11.6. The molecule has 1 aliphatic rings. The number of rotatable bonds is 4. The van der Waals surface area contributed by atoms with Gasteiger partial charge in [-0.1, -0.05) is 11.6 Å². The van der Waals surface area contributed by atoms with Crippen LogP contribution in [0.5, 0.6) is 11.6 Å². The molecule has 11 heteroatoms. The number of amides is 2. The summed E-state index contributed by atoms with van der Waals surface area (Å²) in [4.78, 5) is 36.1. The second kappa shape index (κ2) is 9.93. The van der Waals surface area contributed by atoms with Crippen molar-refractivity contribution in [3.63, 3.8) is 0 Å². The van der Waals surface area contributed by atoms with E-state index in [9.17, 15) is 9.59 Å². The Labute approximate surface area is 213 Å². The lowest BCUT2D eigenvalue weighted by atomic mass is 10.1. The molecule has 1 saturated heterocycles. The van der Waals surface area contributed by atoms with Gasteiger partial charge in [0.1, 0.15) is 23.1 Å². The summed E-state index contributed by atoms with van der Waals surface area (Å²) < 4.78 is 28.2. The van der Waals surface area contributed by atoms with Gasteiger partial charge in [0.15, 0.2) is 11.5 Å². The van der Waals surface area contributed by atoms with Crippen LogP contribution in [0.1, 0.15) is 50.0 Å². The minimum absolute atomic E-state index is 0.0241. The fraction of sp³-hybridized carbons (Fsp3) is 0.440. The van der Waals surface area contributed by atoms with Crippen molar-refractivity contribution in [2.45, 2.75) is 45.3 Å². The average molecular weight is 518 g/mol. The van der Waals surface area contributed by atoms with E-state index in [-0.39, 0.29) is 40.1 Å². The minimum atomic E-state index is -0.563. The number of hydrogen-bond acceptors (Lipinski definition) is 6. The van der Waals surface area contributed by atoms with Crippen LogP contribution in [0.2, 0.25) is 5.02 Å². The SMILES string of the molecule is CN(C)C(=O)c1ccc(Oc2ncnc3c2c(F)cn3C2CCN(C(=O)OC(C)(C)C)CC2)c(Cl)c1. The summed E-state index contributed by atoms with van der Waals surface area (Å²) >= 11 is 6.34. The first-order chi connectivity index (χ1) is 16.9. The van der Waals surface area contributed by atoms with Crippen molar-refractivity contribution < 1.29 is 23.5 Å². The van der Waals surface area contributed by atoms with Gasteiger partial charge in [0.25, 0.3) is 5.91 Å². The van der Waals surface area contributed by atoms with Crippen LogP contribution >= 0.6 is 11.6 Å². The number of hydrogen-bond donors (Lipinski definition) is 0. The van der Waals surface area contributed by atoms with E-state index < -0.39 is 11.4 Å². The van der Waals surface area contributed by atoms with E-state index in [0.717, 1.165) is 0 Å². The molecule has 36 heavy (non-hydrogen) atoms. The van der Waals surface area contributed by atoms with Crippen LogP contribution in [-0.2, 0) is 4.74 Å². The number of piperidine rings is 1. The Kier molecular flexibility index (Phi) is 7.08. The lowest BCUT2D eigenvalue weighted by Crippen LogP contribution is -2.42. The molecule has 3 heterocycles. The first-order valence-corrected chi connectivity index (χ1v) is 12.0. The van der Waals surface area contributed by atoms with Crippen molar-refractivity contribution in [2.24, 2.45) is 0 Å². The highest BCUT2D eigenvalue weighted by molar-refractivity contribution is 6.32. The van der Waals surface area contributed by atoms with Crippen LogP contribution in [0.25, 0.3) is 11.0 Å². The molecule has 0 spiro atoms. The summed E-state index contributed by atoms with van der Waals surface area (Å²) in [6, 6.07) is 4.58. The molecule has 192 valence electrons. The van der Waals surface area contributed by atoms with Crippen molar-refractivity contribution in [1.82, 2.24) is 24.3 Å². The zero-order chi connectivity index (χ0) is 26.2. The van der Waals surface area contributed by atoms with Gasteiger partial charge in [-0.2, -0.15) is 0 Å². The molecule has 2 aromatic heterocycles. The van der Waals surface area contributed by atoms with Crippen molar-refractivity contribution in [3.8, 4) is 11.6 Å². The van der Waals surface area contributed by atoms with E-state index in [4.69, 9.17) is 21.1 Å². The van der Waals surface area contributed by atoms with Crippen LogP contribution in [0.4, 0.5) is 9.18 Å². The van der Waals surface area contributed by atoms with Gasteiger partial charge in [-0.15, -0.1) is 0 Å². The highest BCUT2D eigenvalue weighted by atomic mass is 35.5. The molecule has 2 amide bonds. The molecular formula is C25H29ClFN5O4. The maximum atomic E-state index is 15.1. The lowest BCUT2D eigenvalue weighted by Gasteiger charge is -2.34. The predicted octanol–water partition coefficient (Wildman–Crippen LogP) is 5.29. The zero-order valence-electron chi connectivity index (χ0n) is 20.9. The van der Waals surface area contributed by atoms with Gasteiger partial charge < -0.3 is 23.8 Å². The Morgan fingerprint density at radius 1 is 1.17 bits per heavy atom. The third-order valence-corrected chi connectivity index (χ3v) is 6.12. The monoisotopic (exact) mass is 517 g/mol. The zero-order valence-corrected chi connectivity index (χ0v) is 21.7. The van der Waals surface area contributed by atoms with Gasteiger partial charge in [0.2, 0.25) is 5.88 Å². The topological polar surface area (TPSA) is 89.8 Å². The maximum absolute atomic E-state index is 15.1. The summed E-state index contributed by atoms with van der Waals surface area (Å²) in [6.45, 7) is 6.47. The maximum Gasteiger partial charge on any atom is 0.410 e. The number of benzene rings is 1. The Balaban J connectivity index is 1.54. The number of carbonyl (C=O) groups is 2. The normalized spacial score (nSPS) is 14.7. The highest BCUT2D eigenvalue weighted by Crippen LogP contribution is 2.36. The molecule has 0 saturated carbocycles. The van der Waals surface area contributed by atoms with Gasteiger partial charge >= 0.3 is 6.09 Å². The molecule has 1 aliphatic heterocycles. The van der Waals surface area contributed by atoms with E-state index >= 15 is 4.39 Å². The molecule has 0 atom stereocenters. The quantitative estimate of drug-likeness (QED) is 0.467. The number of ether oxygens (including phenoxy) is 2. The standard InChI is InChI=1S/C25H29ClFN5O4/c1-25(2,3)36-24(34)31-10-8-16(9-11-31)32-13-18(27)20-21(32)28-14-29-22(20)35-19-7-6-15(12-17(19)26)23(33)30(4)5/h6-7,12-14,16H,8-11H2,1-5H3. The summed E-state index contributed by atoms with van der Waals surface area (Å²) in [5.74, 6) is -0.458. The first kappa shape index (κ1) is 25.7. The number of likely N-dealkylation sites (tertiary alicyclic amines) is 1. The fourth-order valence-corrected chi connectivity index (χ4v) is 4.32. The van der Waals surface area contributed by atoms with E-state index in [1.165, 1.54) is 23.5 Å². The van der Waals surface area contributed by atoms with Crippen molar-refractivity contribution in [1.29, 1.82) is 0 Å².